The Morgan fingerprint density at radius 2 is 1.82 bits per heavy atom. The lowest BCUT2D eigenvalue weighted by molar-refractivity contribution is 0.0949. The topological polar surface area (TPSA) is 57.3 Å². The highest BCUT2D eigenvalue weighted by atomic mass is 16.1. The van der Waals surface area contributed by atoms with Crippen LogP contribution in [-0.4, -0.2) is 42.0 Å². The van der Waals surface area contributed by atoms with Crippen LogP contribution in [0.1, 0.15) is 48.2 Å². The van der Waals surface area contributed by atoms with E-state index in [2.05, 4.69) is 61.4 Å². The van der Waals surface area contributed by atoms with Crippen molar-refractivity contribution >= 4 is 28.3 Å². The van der Waals surface area contributed by atoms with Gasteiger partial charge >= 0.3 is 0 Å². The number of carbonyl (C=O) groups is 1. The van der Waals surface area contributed by atoms with Gasteiger partial charge in [0.1, 0.15) is 5.82 Å². The summed E-state index contributed by atoms with van der Waals surface area (Å²) in [5.41, 5.74) is 4.84. The van der Waals surface area contributed by atoms with Crippen LogP contribution in [0.25, 0.3) is 10.9 Å². The molecule has 3 aromatic rings. The monoisotopic (exact) mass is 444 g/mol. The summed E-state index contributed by atoms with van der Waals surface area (Å²) in [5, 5.41) is 7.42. The molecule has 0 bridgehead atoms. The molecule has 5 heteroatoms. The number of aromatic nitrogens is 1. The fourth-order valence-corrected chi connectivity index (χ4v) is 5.09. The predicted molar refractivity (Wildman–Crippen MR) is 137 cm³/mol. The Labute approximate surface area is 197 Å². The molecule has 1 fully saturated rings. The van der Waals surface area contributed by atoms with Gasteiger partial charge in [-0.15, -0.1) is 0 Å². The minimum atomic E-state index is -0.0438. The van der Waals surface area contributed by atoms with Crippen LogP contribution in [0, 0.1) is 25.7 Å². The number of pyridine rings is 1. The van der Waals surface area contributed by atoms with E-state index in [-0.39, 0.29) is 5.91 Å². The number of piperidine rings is 1. The first-order chi connectivity index (χ1) is 15.9. The number of likely N-dealkylation sites (tertiary alicyclic amines) is 1. The highest BCUT2D eigenvalue weighted by Crippen LogP contribution is 2.25. The summed E-state index contributed by atoms with van der Waals surface area (Å²) in [6.07, 6.45) is 2.28. The highest BCUT2D eigenvalue weighted by molar-refractivity contribution is 6.07. The van der Waals surface area contributed by atoms with Crippen molar-refractivity contribution in [1.29, 1.82) is 0 Å². The van der Waals surface area contributed by atoms with Gasteiger partial charge in [-0.05, 0) is 68.8 Å². The molecule has 1 aliphatic rings. The molecule has 4 rings (SSSR count). The molecule has 1 saturated heterocycles. The summed E-state index contributed by atoms with van der Waals surface area (Å²) in [6, 6.07) is 16.0. The highest BCUT2D eigenvalue weighted by Gasteiger charge is 2.21. The van der Waals surface area contributed by atoms with Crippen LogP contribution in [0.5, 0.6) is 0 Å². The van der Waals surface area contributed by atoms with Crippen molar-refractivity contribution in [2.24, 2.45) is 11.8 Å². The lowest BCUT2D eigenvalue weighted by atomic mass is 9.92. The molecule has 2 atom stereocenters. The maximum Gasteiger partial charge on any atom is 0.252 e. The van der Waals surface area contributed by atoms with E-state index in [1.54, 1.807) is 0 Å². The molecule has 5 nitrogen and oxygen atoms in total. The molecule has 33 heavy (non-hydrogen) atoms. The number of carbonyl (C=O) groups excluding carboxylic acids is 1. The fraction of sp³-hybridized carbons (Fsp3) is 0.429. The van der Waals surface area contributed by atoms with Gasteiger partial charge in [-0.2, -0.15) is 0 Å². The molecule has 0 radical (unpaired) electrons. The maximum absolute atomic E-state index is 13.1. The maximum atomic E-state index is 13.1. The van der Waals surface area contributed by atoms with Gasteiger partial charge in [0.2, 0.25) is 0 Å². The second-order valence-electron chi connectivity index (χ2n) is 9.83. The smallest absolute Gasteiger partial charge is 0.252 e. The first-order valence-corrected chi connectivity index (χ1v) is 12.1. The number of nitrogens with zero attached hydrogens (tertiary/aromatic N) is 2. The summed E-state index contributed by atoms with van der Waals surface area (Å²) >= 11 is 0. The zero-order valence-corrected chi connectivity index (χ0v) is 20.3. The number of hydrogen-bond donors (Lipinski definition) is 2. The second-order valence-corrected chi connectivity index (χ2v) is 9.83. The van der Waals surface area contributed by atoms with Crippen molar-refractivity contribution < 1.29 is 4.79 Å². The van der Waals surface area contributed by atoms with Gasteiger partial charge < -0.3 is 15.5 Å². The Bertz CT molecular complexity index is 1120. The van der Waals surface area contributed by atoms with Gasteiger partial charge in [-0.25, -0.2) is 4.98 Å². The van der Waals surface area contributed by atoms with Crippen molar-refractivity contribution in [3.05, 3.63) is 65.2 Å². The van der Waals surface area contributed by atoms with Crippen LogP contribution in [0.15, 0.2) is 48.5 Å². The zero-order valence-electron chi connectivity index (χ0n) is 20.3. The Morgan fingerprint density at radius 3 is 2.58 bits per heavy atom. The number of amides is 1. The number of benzene rings is 2. The minimum absolute atomic E-state index is 0.0438. The third-order valence-electron chi connectivity index (χ3n) is 6.49. The van der Waals surface area contributed by atoms with Crippen molar-refractivity contribution in [2.45, 2.75) is 40.5 Å². The summed E-state index contributed by atoms with van der Waals surface area (Å²) in [5.74, 6) is 2.16. The van der Waals surface area contributed by atoms with Gasteiger partial charge in [0, 0.05) is 30.7 Å². The number of aryl methyl sites for hydroxylation is 2. The fourth-order valence-electron chi connectivity index (χ4n) is 5.09. The van der Waals surface area contributed by atoms with E-state index >= 15 is 0 Å². The van der Waals surface area contributed by atoms with E-state index in [1.165, 1.54) is 25.1 Å². The molecular formula is C28H36N4O. The van der Waals surface area contributed by atoms with Crippen molar-refractivity contribution in [3.8, 4) is 0 Å². The van der Waals surface area contributed by atoms with Crippen LogP contribution in [0.4, 0.5) is 11.5 Å². The lowest BCUT2D eigenvalue weighted by Crippen LogP contribution is -2.40. The number of para-hydroxylation sites is 1. The molecule has 0 aliphatic carbocycles. The molecule has 0 spiro atoms. The Balaban J connectivity index is 1.45. The number of anilines is 2. The summed E-state index contributed by atoms with van der Waals surface area (Å²) in [6.45, 7) is 12.9. The molecule has 1 aromatic heterocycles. The first kappa shape index (κ1) is 23.2. The van der Waals surface area contributed by atoms with Crippen LogP contribution < -0.4 is 10.6 Å². The Kier molecular flexibility index (Phi) is 7.29. The van der Waals surface area contributed by atoms with Gasteiger partial charge in [0.25, 0.3) is 5.91 Å². The Morgan fingerprint density at radius 1 is 1.06 bits per heavy atom. The molecule has 0 unspecified atom stereocenters. The molecule has 2 N–H and O–H groups in total. The average molecular weight is 445 g/mol. The molecule has 0 saturated carbocycles. The molecule has 1 amide bonds. The van der Waals surface area contributed by atoms with E-state index in [0.717, 1.165) is 47.0 Å². The second kappa shape index (κ2) is 10.3. The van der Waals surface area contributed by atoms with Crippen LogP contribution >= 0.6 is 0 Å². The van der Waals surface area contributed by atoms with Gasteiger partial charge in [-0.3, -0.25) is 4.79 Å². The predicted octanol–water partition coefficient (Wildman–Crippen LogP) is 5.69. The van der Waals surface area contributed by atoms with E-state index < -0.39 is 0 Å². The van der Waals surface area contributed by atoms with E-state index in [4.69, 9.17) is 4.98 Å². The van der Waals surface area contributed by atoms with E-state index in [0.29, 0.717) is 17.9 Å². The van der Waals surface area contributed by atoms with E-state index in [9.17, 15) is 4.79 Å². The SMILES string of the molecule is Cc1ccc(Nc2cc(C(=O)NCCCN3C[C@@H](C)C[C@H](C)C3)c3ccccc3n2)c(C)c1. The molecule has 174 valence electrons. The summed E-state index contributed by atoms with van der Waals surface area (Å²) in [4.78, 5) is 20.4. The van der Waals surface area contributed by atoms with Crippen molar-refractivity contribution in [3.63, 3.8) is 0 Å². The van der Waals surface area contributed by atoms with Gasteiger partial charge in [-0.1, -0.05) is 49.7 Å². The van der Waals surface area contributed by atoms with Crippen LogP contribution in [0.3, 0.4) is 0 Å². The number of hydrogen-bond acceptors (Lipinski definition) is 4. The van der Waals surface area contributed by atoms with Crippen molar-refractivity contribution in [2.75, 3.05) is 31.5 Å². The van der Waals surface area contributed by atoms with Gasteiger partial charge in [0.15, 0.2) is 0 Å². The lowest BCUT2D eigenvalue weighted by Gasteiger charge is -2.34. The van der Waals surface area contributed by atoms with Crippen LogP contribution in [0.2, 0.25) is 0 Å². The molecular weight excluding hydrogens is 408 g/mol. The number of nitrogens with one attached hydrogen (secondary N) is 2. The first-order valence-electron chi connectivity index (χ1n) is 12.1. The van der Waals surface area contributed by atoms with Crippen molar-refractivity contribution in [1.82, 2.24) is 15.2 Å². The van der Waals surface area contributed by atoms with Crippen LogP contribution in [-0.2, 0) is 0 Å². The third kappa shape index (κ3) is 5.91. The third-order valence-corrected chi connectivity index (χ3v) is 6.49. The Hall–Kier alpha value is -2.92. The molecule has 1 aliphatic heterocycles. The largest absolute Gasteiger partial charge is 0.352 e. The average Bonchev–Trinajstić information content (AvgIpc) is 2.77. The standard InChI is InChI=1S/C28H36N4O/c1-19-10-11-25(22(4)15-19)30-27-16-24(23-8-5-6-9-26(23)31-27)28(33)29-12-7-13-32-17-20(2)14-21(3)18-32/h5-6,8-11,15-16,20-21H,7,12-14,17-18H2,1-4H3,(H,29,33)(H,30,31)/t20-,21-/m0/s1. The number of fused-ring (bicyclic) bond motifs is 1. The molecule has 2 aromatic carbocycles. The molecule has 2 heterocycles. The van der Waals surface area contributed by atoms with Gasteiger partial charge in [0.05, 0.1) is 11.1 Å². The minimum Gasteiger partial charge on any atom is -0.352 e. The normalized spacial score (nSPS) is 18.9. The zero-order chi connectivity index (χ0) is 23.4. The van der Waals surface area contributed by atoms with E-state index in [1.807, 2.05) is 30.3 Å². The summed E-state index contributed by atoms with van der Waals surface area (Å²) in [7, 11) is 0. The summed E-state index contributed by atoms with van der Waals surface area (Å²) < 4.78 is 0. The quantitative estimate of drug-likeness (QED) is 0.460. The number of rotatable bonds is 7.